The number of nitrogens with zero attached hydrogens (tertiary/aromatic N) is 2. The lowest BCUT2D eigenvalue weighted by atomic mass is 9.93. The second-order valence-corrected chi connectivity index (χ2v) is 6.34. The van der Waals surface area contributed by atoms with Crippen molar-refractivity contribution in [2.75, 3.05) is 6.54 Å². The van der Waals surface area contributed by atoms with E-state index in [1.54, 1.807) is 17.0 Å². The lowest BCUT2D eigenvalue weighted by Crippen LogP contribution is -2.47. The minimum atomic E-state index is -0.410. The van der Waals surface area contributed by atoms with Crippen LogP contribution in [0.25, 0.3) is 0 Å². The van der Waals surface area contributed by atoms with Crippen LogP contribution in [-0.4, -0.2) is 39.7 Å². The van der Waals surface area contributed by atoms with Gasteiger partial charge >= 0.3 is 6.03 Å². The van der Waals surface area contributed by atoms with Gasteiger partial charge in [0.1, 0.15) is 0 Å². The Kier molecular flexibility index (Phi) is 4.47. The maximum Gasteiger partial charge on any atom is 0.317 e. The van der Waals surface area contributed by atoms with Crippen molar-refractivity contribution in [2.45, 2.75) is 50.8 Å². The van der Waals surface area contributed by atoms with Crippen molar-refractivity contribution in [1.82, 2.24) is 10.2 Å². The van der Waals surface area contributed by atoms with Crippen molar-refractivity contribution in [3.8, 4) is 0 Å². The first kappa shape index (κ1) is 15.7. The Morgan fingerprint density at radius 3 is 2.70 bits per heavy atom. The fourth-order valence-corrected chi connectivity index (χ4v) is 3.32. The maximum absolute atomic E-state index is 12.4. The van der Waals surface area contributed by atoms with Gasteiger partial charge in [0.15, 0.2) is 0 Å². The zero-order chi connectivity index (χ0) is 16.4. The quantitative estimate of drug-likeness (QED) is 0.643. The zero-order valence-corrected chi connectivity index (χ0v) is 12.9. The van der Waals surface area contributed by atoms with E-state index >= 15 is 0 Å². The van der Waals surface area contributed by atoms with Crippen molar-refractivity contribution >= 4 is 11.7 Å². The Morgan fingerprint density at radius 2 is 2.00 bits per heavy atom. The monoisotopic (exact) mass is 319 g/mol. The molecule has 1 fully saturated rings. The van der Waals surface area contributed by atoms with Gasteiger partial charge < -0.3 is 15.3 Å². The van der Waals surface area contributed by atoms with Crippen molar-refractivity contribution < 1.29 is 14.8 Å². The van der Waals surface area contributed by atoms with Crippen LogP contribution in [0.3, 0.4) is 0 Å². The largest absolute Gasteiger partial charge is 0.393 e. The number of urea groups is 1. The second kappa shape index (κ2) is 6.54. The molecule has 1 aromatic rings. The molecular formula is C16H21N3O4. The molecule has 23 heavy (non-hydrogen) atoms. The Hall–Kier alpha value is -2.15. The minimum absolute atomic E-state index is 0.0623. The minimum Gasteiger partial charge on any atom is -0.393 e. The van der Waals surface area contributed by atoms with Crippen molar-refractivity contribution in [3.05, 3.63) is 39.4 Å². The number of aliphatic hydroxyl groups is 1. The molecule has 0 radical (unpaired) electrons. The van der Waals surface area contributed by atoms with Gasteiger partial charge in [-0.05, 0) is 43.2 Å². The summed E-state index contributed by atoms with van der Waals surface area (Å²) < 4.78 is 0. The van der Waals surface area contributed by atoms with Crippen LogP contribution < -0.4 is 5.32 Å². The van der Waals surface area contributed by atoms with Gasteiger partial charge in [-0.25, -0.2) is 4.79 Å². The first-order valence-corrected chi connectivity index (χ1v) is 8.02. The van der Waals surface area contributed by atoms with Crippen molar-refractivity contribution in [2.24, 2.45) is 0 Å². The Morgan fingerprint density at radius 1 is 1.26 bits per heavy atom. The smallest absolute Gasteiger partial charge is 0.317 e. The lowest BCUT2D eigenvalue weighted by molar-refractivity contribution is -0.385. The van der Waals surface area contributed by atoms with Gasteiger partial charge in [0.25, 0.3) is 5.69 Å². The molecule has 124 valence electrons. The van der Waals surface area contributed by atoms with E-state index in [0.29, 0.717) is 19.5 Å². The number of hydrogen-bond donors (Lipinski definition) is 2. The third kappa shape index (κ3) is 3.61. The number of carbonyl (C=O) groups is 1. The number of amides is 2. The fraction of sp³-hybridized carbons (Fsp3) is 0.562. The molecule has 2 N–H and O–H groups in total. The molecule has 2 amide bonds. The fourth-order valence-electron chi connectivity index (χ4n) is 3.32. The highest BCUT2D eigenvalue weighted by Crippen LogP contribution is 2.24. The van der Waals surface area contributed by atoms with Crippen molar-refractivity contribution in [3.63, 3.8) is 0 Å². The molecule has 0 atom stereocenters. The molecule has 0 bridgehead atoms. The molecule has 1 aliphatic carbocycles. The van der Waals surface area contributed by atoms with Crippen LogP contribution in [0.4, 0.5) is 10.5 Å². The molecular weight excluding hydrogens is 298 g/mol. The van der Waals surface area contributed by atoms with E-state index in [1.165, 1.54) is 6.07 Å². The number of fused-ring (bicyclic) bond motifs is 1. The van der Waals surface area contributed by atoms with Crippen LogP contribution in [0.2, 0.25) is 0 Å². The summed E-state index contributed by atoms with van der Waals surface area (Å²) in [6, 6.07) is 4.85. The summed E-state index contributed by atoms with van der Waals surface area (Å²) in [5.74, 6) is 0. The molecule has 2 aliphatic rings. The van der Waals surface area contributed by atoms with E-state index in [2.05, 4.69) is 5.32 Å². The van der Waals surface area contributed by atoms with Gasteiger partial charge in [-0.15, -0.1) is 0 Å². The SMILES string of the molecule is O=C(NC1CCC(O)CC1)N1CCc2ccc([N+](=O)[O-])cc2C1. The number of nitrogens with one attached hydrogen (secondary N) is 1. The summed E-state index contributed by atoms with van der Waals surface area (Å²) in [5, 5.41) is 23.4. The van der Waals surface area contributed by atoms with Gasteiger partial charge in [-0.3, -0.25) is 10.1 Å². The average Bonchev–Trinajstić information content (AvgIpc) is 2.55. The molecule has 0 aromatic heterocycles. The number of non-ortho nitro benzene ring substituents is 1. The van der Waals surface area contributed by atoms with Gasteiger partial charge in [-0.1, -0.05) is 6.07 Å². The number of benzene rings is 1. The molecule has 1 saturated carbocycles. The molecule has 7 nitrogen and oxygen atoms in total. The summed E-state index contributed by atoms with van der Waals surface area (Å²) in [5.41, 5.74) is 1.98. The summed E-state index contributed by atoms with van der Waals surface area (Å²) in [7, 11) is 0. The van der Waals surface area contributed by atoms with Crippen LogP contribution in [-0.2, 0) is 13.0 Å². The van der Waals surface area contributed by atoms with Crippen LogP contribution in [0, 0.1) is 10.1 Å². The summed E-state index contributed by atoms with van der Waals surface area (Å²) >= 11 is 0. The highest BCUT2D eigenvalue weighted by atomic mass is 16.6. The Labute approximate surface area is 134 Å². The summed E-state index contributed by atoms with van der Waals surface area (Å²) in [6.45, 7) is 1.02. The number of carbonyl (C=O) groups excluding carboxylic acids is 1. The molecule has 1 aliphatic heterocycles. The lowest BCUT2D eigenvalue weighted by Gasteiger charge is -2.32. The van der Waals surface area contributed by atoms with Crippen molar-refractivity contribution in [1.29, 1.82) is 0 Å². The normalized spacial score (nSPS) is 24.0. The third-order valence-electron chi connectivity index (χ3n) is 4.72. The number of aliphatic hydroxyl groups excluding tert-OH is 1. The molecule has 0 spiro atoms. The first-order chi connectivity index (χ1) is 11.0. The first-order valence-electron chi connectivity index (χ1n) is 8.02. The zero-order valence-electron chi connectivity index (χ0n) is 12.9. The topological polar surface area (TPSA) is 95.7 Å². The molecule has 1 aromatic carbocycles. The van der Waals surface area contributed by atoms with E-state index in [0.717, 1.165) is 36.8 Å². The van der Waals surface area contributed by atoms with Gasteiger partial charge in [-0.2, -0.15) is 0 Å². The van der Waals surface area contributed by atoms with Gasteiger partial charge in [0.05, 0.1) is 11.0 Å². The number of hydrogen-bond acceptors (Lipinski definition) is 4. The van der Waals surface area contributed by atoms with Crippen LogP contribution >= 0.6 is 0 Å². The Bertz CT molecular complexity index is 611. The molecule has 0 saturated heterocycles. The number of rotatable bonds is 2. The summed E-state index contributed by atoms with van der Waals surface area (Å²) in [4.78, 5) is 24.6. The average molecular weight is 319 g/mol. The number of nitro groups is 1. The van der Waals surface area contributed by atoms with E-state index < -0.39 is 4.92 Å². The second-order valence-electron chi connectivity index (χ2n) is 6.34. The molecule has 0 unspecified atom stereocenters. The third-order valence-corrected chi connectivity index (χ3v) is 4.72. The number of nitro benzene ring substituents is 1. The molecule has 3 rings (SSSR count). The maximum atomic E-state index is 12.4. The predicted molar refractivity (Wildman–Crippen MR) is 84.0 cm³/mol. The summed E-state index contributed by atoms with van der Waals surface area (Å²) in [6.07, 6.45) is 3.50. The standard InChI is InChI=1S/C16H21N3O4/c20-15-5-2-13(3-6-15)17-16(21)18-8-7-11-1-4-14(19(22)23)9-12(11)10-18/h1,4,9,13,15,20H,2-3,5-8,10H2,(H,17,21). The van der Waals surface area contributed by atoms with Crippen LogP contribution in [0.15, 0.2) is 18.2 Å². The van der Waals surface area contributed by atoms with E-state index in [1.807, 2.05) is 0 Å². The van der Waals surface area contributed by atoms with Gasteiger partial charge in [0.2, 0.25) is 0 Å². The molecule has 7 heteroatoms. The Balaban J connectivity index is 1.63. The highest BCUT2D eigenvalue weighted by Gasteiger charge is 2.26. The highest BCUT2D eigenvalue weighted by molar-refractivity contribution is 5.75. The molecule has 1 heterocycles. The van der Waals surface area contributed by atoms with E-state index in [4.69, 9.17) is 0 Å². The van der Waals surface area contributed by atoms with Gasteiger partial charge in [0, 0.05) is 31.3 Å². The van der Waals surface area contributed by atoms with E-state index in [9.17, 15) is 20.0 Å². The van der Waals surface area contributed by atoms with Crippen LogP contribution in [0.5, 0.6) is 0 Å². The van der Waals surface area contributed by atoms with E-state index in [-0.39, 0.29) is 23.9 Å². The predicted octanol–water partition coefficient (Wildman–Crippen LogP) is 1.97. The van der Waals surface area contributed by atoms with Crippen LogP contribution in [0.1, 0.15) is 36.8 Å².